The maximum atomic E-state index is 10.6. The van der Waals surface area contributed by atoms with E-state index in [1.54, 1.807) is 6.21 Å². The van der Waals surface area contributed by atoms with Crippen LogP contribution in [0, 0.1) is 0 Å². The van der Waals surface area contributed by atoms with Gasteiger partial charge in [-0.25, -0.2) is 4.79 Å². The number of benzene rings is 2. The Kier molecular flexibility index (Phi) is 3.43. The molecule has 0 atom stereocenters. The van der Waals surface area contributed by atoms with E-state index in [0.717, 1.165) is 21.9 Å². The van der Waals surface area contributed by atoms with Crippen LogP contribution in [0.3, 0.4) is 0 Å². The molecular weight excluding hydrogens is 230 g/mol. The van der Waals surface area contributed by atoms with Crippen molar-refractivity contribution >= 4 is 23.1 Å². The summed E-state index contributed by atoms with van der Waals surface area (Å²) in [4.78, 5) is 10.6. The number of ether oxygens (including phenoxy) is 1. The van der Waals surface area contributed by atoms with Crippen molar-refractivity contribution in [1.29, 1.82) is 0 Å². The molecule has 1 amide bonds. The SMILES string of the molecule is NN=Cc1ccc2cccc(COC(N)=O)c2c1. The second kappa shape index (κ2) is 5.18. The van der Waals surface area contributed by atoms with E-state index in [0.29, 0.717) is 0 Å². The number of nitrogens with zero attached hydrogens (tertiary/aromatic N) is 1. The van der Waals surface area contributed by atoms with Crippen molar-refractivity contribution in [3.8, 4) is 0 Å². The van der Waals surface area contributed by atoms with Crippen LogP contribution in [0.5, 0.6) is 0 Å². The van der Waals surface area contributed by atoms with Gasteiger partial charge in [0.2, 0.25) is 0 Å². The molecule has 0 aliphatic rings. The summed E-state index contributed by atoms with van der Waals surface area (Å²) in [5, 5.41) is 5.52. The Morgan fingerprint density at radius 3 is 2.89 bits per heavy atom. The zero-order valence-corrected chi connectivity index (χ0v) is 9.67. The summed E-state index contributed by atoms with van der Waals surface area (Å²) in [6.07, 6.45) is 0.775. The number of hydrogen-bond acceptors (Lipinski definition) is 4. The van der Waals surface area contributed by atoms with E-state index in [2.05, 4.69) is 5.10 Å². The quantitative estimate of drug-likeness (QED) is 0.488. The van der Waals surface area contributed by atoms with E-state index in [9.17, 15) is 4.79 Å². The largest absolute Gasteiger partial charge is 0.445 e. The smallest absolute Gasteiger partial charge is 0.404 e. The van der Waals surface area contributed by atoms with Crippen LogP contribution in [0.4, 0.5) is 4.79 Å². The van der Waals surface area contributed by atoms with Crippen LogP contribution in [0.15, 0.2) is 41.5 Å². The number of carbonyl (C=O) groups is 1. The molecule has 18 heavy (non-hydrogen) atoms. The number of amides is 1. The molecule has 0 bridgehead atoms. The molecule has 2 rings (SSSR count). The Hall–Kier alpha value is -2.56. The highest BCUT2D eigenvalue weighted by Crippen LogP contribution is 2.20. The van der Waals surface area contributed by atoms with Crippen LogP contribution in [0.25, 0.3) is 10.8 Å². The molecule has 4 N–H and O–H groups in total. The van der Waals surface area contributed by atoms with Crippen molar-refractivity contribution in [2.75, 3.05) is 0 Å². The van der Waals surface area contributed by atoms with E-state index in [1.807, 2.05) is 36.4 Å². The summed E-state index contributed by atoms with van der Waals surface area (Å²) >= 11 is 0. The van der Waals surface area contributed by atoms with Crippen molar-refractivity contribution in [3.05, 3.63) is 47.5 Å². The molecule has 0 saturated carbocycles. The molecule has 0 spiro atoms. The molecule has 0 heterocycles. The van der Waals surface area contributed by atoms with Gasteiger partial charge in [-0.15, -0.1) is 0 Å². The molecule has 0 aliphatic heterocycles. The minimum atomic E-state index is -0.785. The highest BCUT2D eigenvalue weighted by atomic mass is 16.5. The van der Waals surface area contributed by atoms with Crippen molar-refractivity contribution in [2.24, 2.45) is 16.7 Å². The van der Waals surface area contributed by atoms with Crippen molar-refractivity contribution < 1.29 is 9.53 Å². The summed E-state index contributed by atoms with van der Waals surface area (Å²) in [5.74, 6) is 5.12. The Bertz CT molecular complexity index is 608. The van der Waals surface area contributed by atoms with Crippen molar-refractivity contribution in [2.45, 2.75) is 6.61 Å². The van der Waals surface area contributed by atoms with Crippen LogP contribution in [0.2, 0.25) is 0 Å². The van der Waals surface area contributed by atoms with E-state index >= 15 is 0 Å². The minimum Gasteiger partial charge on any atom is -0.445 e. The van der Waals surface area contributed by atoms with Gasteiger partial charge in [-0.2, -0.15) is 5.10 Å². The predicted molar refractivity (Wildman–Crippen MR) is 70.1 cm³/mol. The van der Waals surface area contributed by atoms with Gasteiger partial charge >= 0.3 is 6.09 Å². The molecule has 2 aromatic carbocycles. The first kappa shape index (κ1) is 11.9. The lowest BCUT2D eigenvalue weighted by atomic mass is 10.0. The maximum Gasteiger partial charge on any atom is 0.404 e. The molecule has 5 nitrogen and oxygen atoms in total. The lowest BCUT2D eigenvalue weighted by Gasteiger charge is -2.07. The summed E-state index contributed by atoms with van der Waals surface area (Å²) in [6.45, 7) is 0.149. The predicted octanol–water partition coefficient (Wildman–Crippen LogP) is 1.73. The minimum absolute atomic E-state index is 0.149. The molecule has 2 aromatic rings. The second-order valence-electron chi connectivity index (χ2n) is 3.78. The molecule has 0 aromatic heterocycles. The lowest BCUT2D eigenvalue weighted by molar-refractivity contribution is 0.150. The number of hydrazone groups is 1. The highest BCUT2D eigenvalue weighted by molar-refractivity contribution is 5.92. The maximum absolute atomic E-state index is 10.6. The second-order valence-corrected chi connectivity index (χ2v) is 3.78. The van der Waals surface area contributed by atoms with Crippen LogP contribution >= 0.6 is 0 Å². The molecule has 0 unspecified atom stereocenters. The standard InChI is InChI=1S/C13H13N3O2/c14-13(17)18-8-11-3-1-2-10-5-4-9(7-16-15)6-12(10)11/h1-7H,8,15H2,(H2,14,17). The number of carbonyl (C=O) groups excluding carboxylic acids is 1. The van der Waals surface area contributed by atoms with Gasteiger partial charge in [0.1, 0.15) is 6.61 Å². The fourth-order valence-corrected chi connectivity index (χ4v) is 1.80. The van der Waals surface area contributed by atoms with Crippen molar-refractivity contribution in [3.63, 3.8) is 0 Å². The third-order valence-electron chi connectivity index (χ3n) is 2.59. The van der Waals surface area contributed by atoms with Crippen LogP contribution in [0.1, 0.15) is 11.1 Å². The van der Waals surface area contributed by atoms with Crippen LogP contribution in [-0.2, 0) is 11.3 Å². The van der Waals surface area contributed by atoms with E-state index in [4.69, 9.17) is 16.3 Å². The number of fused-ring (bicyclic) bond motifs is 1. The Morgan fingerprint density at radius 1 is 1.33 bits per heavy atom. The summed E-state index contributed by atoms with van der Waals surface area (Å²) in [7, 11) is 0. The van der Waals surface area contributed by atoms with Crippen molar-refractivity contribution in [1.82, 2.24) is 0 Å². The van der Waals surface area contributed by atoms with Gasteiger partial charge in [-0.05, 0) is 28.0 Å². The number of nitrogens with two attached hydrogens (primary N) is 2. The van der Waals surface area contributed by atoms with Crippen LogP contribution < -0.4 is 11.6 Å². The zero-order valence-electron chi connectivity index (χ0n) is 9.67. The number of hydrogen-bond donors (Lipinski definition) is 2. The first-order valence-electron chi connectivity index (χ1n) is 5.38. The molecule has 5 heteroatoms. The summed E-state index contributed by atoms with van der Waals surface area (Å²) in [6, 6.07) is 11.6. The van der Waals surface area contributed by atoms with E-state index < -0.39 is 6.09 Å². The average Bonchev–Trinajstić information content (AvgIpc) is 2.36. The van der Waals surface area contributed by atoms with Gasteiger partial charge in [0.15, 0.2) is 0 Å². The van der Waals surface area contributed by atoms with Gasteiger partial charge in [0.05, 0.1) is 6.21 Å². The number of rotatable bonds is 3. The highest BCUT2D eigenvalue weighted by Gasteiger charge is 2.03. The van der Waals surface area contributed by atoms with E-state index in [-0.39, 0.29) is 6.61 Å². The summed E-state index contributed by atoms with van der Waals surface area (Å²) in [5.41, 5.74) is 6.74. The summed E-state index contributed by atoms with van der Waals surface area (Å²) < 4.78 is 4.82. The Labute approximate surface area is 104 Å². The first-order valence-corrected chi connectivity index (χ1v) is 5.38. The first-order chi connectivity index (χ1) is 8.70. The molecule has 0 saturated heterocycles. The van der Waals surface area contributed by atoms with E-state index in [1.165, 1.54) is 0 Å². The fourth-order valence-electron chi connectivity index (χ4n) is 1.80. The zero-order chi connectivity index (χ0) is 13.0. The van der Waals surface area contributed by atoms with Gasteiger partial charge in [-0.3, -0.25) is 0 Å². The van der Waals surface area contributed by atoms with Gasteiger partial charge in [0.25, 0.3) is 0 Å². The normalized spacial score (nSPS) is 10.9. The molecular formula is C13H13N3O2. The van der Waals surface area contributed by atoms with Gasteiger partial charge in [0, 0.05) is 0 Å². The molecule has 0 aliphatic carbocycles. The molecule has 0 radical (unpaired) electrons. The topological polar surface area (TPSA) is 90.7 Å². The molecule has 0 fully saturated rings. The third kappa shape index (κ3) is 2.57. The lowest BCUT2D eigenvalue weighted by Crippen LogP contribution is -2.12. The average molecular weight is 243 g/mol. The van der Waals surface area contributed by atoms with Gasteiger partial charge in [-0.1, -0.05) is 30.3 Å². The third-order valence-corrected chi connectivity index (χ3v) is 2.59. The fraction of sp³-hybridized carbons (Fsp3) is 0.0769. The Balaban J connectivity index is 2.44. The number of primary amides is 1. The van der Waals surface area contributed by atoms with Crippen LogP contribution in [-0.4, -0.2) is 12.3 Å². The molecule has 92 valence electrons. The Morgan fingerprint density at radius 2 is 2.17 bits per heavy atom. The monoisotopic (exact) mass is 243 g/mol. The van der Waals surface area contributed by atoms with Gasteiger partial charge < -0.3 is 16.3 Å².